The van der Waals surface area contributed by atoms with Crippen LogP contribution >= 0.6 is 0 Å². The Bertz CT molecular complexity index is 58.3. The van der Waals surface area contributed by atoms with E-state index >= 15 is 0 Å². The minimum atomic E-state index is -0.0833. The summed E-state index contributed by atoms with van der Waals surface area (Å²) in [6, 6.07) is 0. The second-order valence-corrected chi connectivity index (χ2v) is 0.793. The first-order chi connectivity index (χ1) is 3.15. The van der Waals surface area contributed by atoms with Crippen molar-refractivity contribution < 1.29 is 47.4 Å². The van der Waals surface area contributed by atoms with Crippen molar-refractivity contribution in [1.82, 2.24) is 0 Å². The van der Waals surface area contributed by atoms with Crippen LogP contribution in [0.15, 0.2) is 0 Å². The fourth-order valence-corrected chi connectivity index (χ4v) is 0. The molecule has 0 fully saturated rings. The Labute approximate surface area is 73.3 Å². The van der Waals surface area contributed by atoms with Crippen LogP contribution in [0.4, 0.5) is 0 Å². The van der Waals surface area contributed by atoms with Crippen molar-refractivity contribution in [2.45, 2.75) is 6.92 Å². The molecule has 4 heteroatoms. The zero-order chi connectivity index (χ0) is 6.28. The van der Waals surface area contributed by atoms with Gasteiger partial charge in [0.15, 0.2) is 0 Å². The van der Waals surface area contributed by atoms with Gasteiger partial charge in [-0.1, -0.05) is 6.47 Å². The second kappa shape index (κ2) is 15.7. The smallest absolute Gasteiger partial charge is 0 e. The quantitative estimate of drug-likeness (QED) is 0.549. The van der Waals surface area contributed by atoms with Gasteiger partial charge < -0.3 is 21.6 Å². The molecular formula is C4H6O3Y-2. The van der Waals surface area contributed by atoms with Gasteiger partial charge in [-0.3, -0.25) is 0 Å². The maximum Gasteiger partial charge on any atom is 0 e. The summed E-state index contributed by atoms with van der Waals surface area (Å²) in [5.41, 5.74) is 0. The topological polar surface area (TPSA) is 54.4 Å². The van der Waals surface area contributed by atoms with Crippen molar-refractivity contribution in [1.29, 1.82) is 0 Å². The maximum atomic E-state index is 9.33. The van der Waals surface area contributed by atoms with E-state index < -0.39 is 0 Å². The molecule has 0 saturated heterocycles. The molecule has 0 spiro atoms. The van der Waals surface area contributed by atoms with Crippen molar-refractivity contribution in [2.24, 2.45) is 0 Å². The van der Waals surface area contributed by atoms with Crippen LogP contribution < -0.4 is 0 Å². The van der Waals surface area contributed by atoms with E-state index in [1.54, 1.807) is 0 Å². The molecule has 0 aromatic carbocycles. The van der Waals surface area contributed by atoms with Gasteiger partial charge in [0.25, 0.3) is 0 Å². The standard InChI is InChI=1S/C3H5O.CHO2.Y/c1-3(2)4;2-1-3;/h1H2,2H3;(H,2,3);/q2*-1;. The normalized spacial score (nSPS) is 4.62. The molecule has 0 aliphatic carbocycles. The van der Waals surface area contributed by atoms with Crippen molar-refractivity contribution >= 4 is 12.3 Å². The SMILES string of the molecule is O=[C-]O.[CH2-]C(C)=O.[Y]. The number of hydrogen-bond acceptors (Lipinski definition) is 2. The van der Waals surface area contributed by atoms with Gasteiger partial charge in [-0.2, -0.15) is 0 Å². The van der Waals surface area contributed by atoms with E-state index in [-0.39, 0.29) is 38.5 Å². The van der Waals surface area contributed by atoms with E-state index in [4.69, 9.17) is 9.90 Å². The van der Waals surface area contributed by atoms with Crippen LogP contribution in [0.3, 0.4) is 0 Å². The van der Waals surface area contributed by atoms with Crippen LogP contribution in [0.5, 0.6) is 0 Å². The summed E-state index contributed by atoms with van der Waals surface area (Å²) in [7, 11) is 0. The van der Waals surface area contributed by atoms with Crippen LogP contribution in [0, 0.1) is 6.92 Å². The molecule has 0 unspecified atom stereocenters. The number of rotatable bonds is 0. The molecule has 0 atom stereocenters. The zero-order valence-electron chi connectivity index (χ0n) is 4.55. The van der Waals surface area contributed by atoms with Gasteiger partial charge in [0.05, 0.1) is 0 Å². The molecule has 0 aliphatic rings. The van der Waals surface area contributed by atoms with Crippen LogP contribution in [0.1, 0.15) is 6.92 Å². The third-order valence-electron chi connectivity index (χ3n) is 0. The molecule has 3 nitrogen and oxygen atoms in total. The van der Waals surface area contributed by atoms with Gasteiger partial charge in [-0.05, 0) is 12.7 Å². The van der Waals surface area contributed by atoms with Crippen LogP contribution in [-0.2, 0) is 42.3 Å². The molecule has 0 heterocycles. The summed E-state index contributed by atoms with van der Waals surface area (Å²) in [4.78, 5) is 17.6. The molecule has 8 heavy (non-hydrogen) atoms. The monoisotopic (exact) mass is 191 g/mol. The van der Waals surface area contributed by atoms with E-state index in [0.717, 1.165) is 0 Å². The summed E-state index contributed by atoms with van der Waals surface area (Å²) in [5.74, 6) is -0.0833. The summed E-state index contributed by atoms with van der Waals surface area (Å²) in [6.45, 7) is 4.92. The van der Waals surface area contributed by atoms with Crippen LogP contribution in [0.2, 0.25) is 0 Å². The number of carbonyl (C=O) groups excluding carboxylic acids is 1. The molecule has 0 amide bonds. The number of Topliss-reactive ketones (excluding diaryl/α,β-unsaturated/α-hetero) is 1. The summed E-state index contributed by atoms with van der Waals surface area (Å²) < 4.78 is 0. The second-order valence-electron chi connectivity index (χ2n) is 0.793. The minimum absolute atomic E-state index is 0. The van der Waals surface area contributed by atoms with Crippen LogP contribution in [-0.4, -0.2) is 17.4 Å². The third kappa shape index (κ3) is 12300. The molecule has 0 rings (SSSR count). The number of aliphatic hydroxyl groups excluding tert-OH is 1. The van der Waals surface area contributed by atoms with Gasteiger partial charge in [0.1, 0.15) is 0 Å². The number of carbonyl (C=O) groups is 1. The average Bonchev–Trinajstić information content (AvgIpc) is 1.33. The maximum absolute atomic E-state index is 9.33. The molecule has 1 radical (unpaired) electrons. The van der Waals surface area contributed by atoms with E-state index in [2.05, 4.69) is 6.92 Å². The molecular weight excluding hydrogens is 185 g/mol. The summed E-state index contributed by atoms with van der Waals surface area (Å²) in [5, 5.41) is 6.76. The van der Waals surface area contributed by atoms with Gasteiger partial charge in [0, 0.05) is 32.7 Å². The Morgan fingerprint density at radius 3 is 1.75 bits per heavy atom. The summed E-state index contributed by atoms with van der Waals surface area (Å²) >= 11 is 0. The molecule has 0 saturated carbocycles. The van der Waals surface area contributed by atoms with Gasteiger partial charge in [-0.25, -0.2) is 0 Å². The fourth-order valence-electron chi connectivity index (χ4n) is 0. The van der Waals surface area contributed by atoms with Gasteiger partial charge in [-0.15, -0.1) is 0 Å². The Kier molecular flexibility index (Phi) is 30.8. The van der Waals surface area contributed by atoms with Crippen molar-refractivity contribution in [3.8, 4) is 0 Å². The van der Waals surface area contributed by atoms with E-state index in [1.165, 1.54) is 6.92 Å². The van der Waals surface area contributed by atoms with Crippen LogP contribution in [0.25, 0.3) is 0 Å². The molecule has 0 aromatic rings. The number of hydrogen-bond donors (Lipinski definition) is 1. The first-order valence-electron chi connectivity index (χ1n) is 1.49. The zero-order valence-corrected chi connectivity index (χ0v) is 7.39. The number of ketones is 1. The molecule has 45 valence electrons. The Morgan fingerprint density at radius 2 is 1.75 bits per heavy atom. The molecule has 0 aliphatic heterocycles. The van der Waals surface area contributed by atoms with Gasteiger partial charge in [0.2, 0.25) is 0 Å². The molecule has 1 N–H and O–H groups in total. The van der Waals surface area contributed by atoms with Crippen molar-refractivity contribution in [2.75, 3.05) is 0 Å². The predicted octanol–water partition coefficient (Wildman–Crippen LogP) is 0.0186. The van der Waals surface area contributed by atoms with Crippen molar-refractivity contribution in [3.63, 3.8) is 0 Å². The fraction of sp³-hybridized carbons (Fsp3) is 0.250. The van der Waals surface area contributed by atoms with Gasteiger partial charge >= 0.3 is 0 Å². The first-order valence-corrected chi connectivity index (χ1v) is 1.49. The third-order valence-corrected chi connectivity index (χ3v) is 0. The van der Waals surface area contributed by atoms with E-state index in [1.807, 2.05) is 0 Å². The average molecular weight is 191 g/mol. The minimum Gasteiger partial charge on any atom is -0.665 e. The van der Waals surface area contributed by atoms with Crippen molar-refractivity contribution in [3.05, 3.63) is 6.92 Å². The molecule has 0 aromatic heterocycles. The Balaban J connectivity index is -0.0000000575. The first kappa shape index (κ1) is 15.7. The molecule has 0 bridgehead atoms. The largest absolute Gasteiger partial charge is 0.665 e. The summed E-state index contributed by atoms with van der Waals surface area (Å²) in [6.07, 6.45) is 0. The van der Waals surface area contributed by atoms with E-state index in [9.17, 15) is 4.79 Å². The van der Waals surface area contributed by atoms with E-state index in [0.29, 0.717) is 6.47 Å². The Morgan fingerprint density at radius 1 is 1.75 bits per heavy atom. The Hall–Kier alpha value is 0.114. The predicted molar refractivity (Wildman–Crippen MR) is 24.4 cm³/mol.